The summed E-state index contributed by atoms with van der Waals surface area (Å²) in [4.78, 5) is 0. The lowest BCUT2D eigenvalue weighted by Gasteiger charge is -2.38. The van der Waals surface area contributed by atoms with Crippen LogP contribution in [-0.2, 0) is 18.9 Å². The molecule has 5 atom stereocenters. The van der Waals surface area contributed by atoms with Crippen molar-refractivity contribution in [2.45, 2.75) is 50.3 Å². The molecule has 2 aliphatic rings. The molecule has 0 unspecified atom stereocenters. The van der Waals surface area contributed by atoms with E-state index < -0.39 is 36.5 Å². The Morgan fingerprint density at radius 3 is 2.44 bits per heavy atom. The van der Waals surface area contributed by atoms with Crippen molar-refractivity contribution < 1.29 is 29.2 Å². The number of aliphatic hydroxyl groups is 2. The molecule has 0 spiro atoms. The first kappa shape index (κ1) is 12.2. The van der Waals surface area contributed by atoms with E-state index in [1.807, 2.05) is 0 Å². The lowest BCUT2D eigenvalue weighted by atomic mass is 9.99. The summed E-state index contributed by atoms with van der Waals surface area (Å²) in [6.45, 7) is 3.32. The van der Waals surface area contributed by atoms with Gasteiger partial charge in [-0.25, -0.2) is 0 Å². The number of aliphatic hydroxyl groups excluding tert-OH is 2. The molecule has 0 amide bonds. The largest absolute Gasteiger partial charge is 0.394 e. The first-order valence-corrected chi connectivity index (χ1v) is 5.31. The highest BCUT2D eigenvalue weighted by Crippen LogP contribution is 2.37. The number of rotatable bonds is 2. The van der Waals surface area contributed by atoms with Gasteiger partial charge in [0.15, 0.2) is 12.1 Å². The lowest BCUT2D eigenvalue weighted by Crippen LogP contribution is -2.57. The third-order valence-electron chi connectivity index (χ3n) is 2.87. The van der Waals surface area contributed by atoms with E-state index in [9.17, 15) is 10.2 Å². The number of hydrogen-bond donors (Lipinski definition) is 2. The second-order valence-corrected chi connectivity index (χ2v) is 4.52. The molecule has 6 heteroatoms. The zero-order chi connectivity index (χ0) is 11.9. The number of ether oxygens (including phenoxy) is 4. The molecule has 0 aromatic rings. The molecule has 0 bridgehead atoms. The fourth-order valence-electron chi connectivity index (χ4n) is 2.20. The van der Waals surface area contributed by atoms with Gasteiger partial charge in [-0.3, -0.25) is 0 Å². The van der Waals surface area contributed by atoms with Gasteiger partial charge in [-0.1, -0.05) is 0 Å². The van der Waals surface area contributed by atoms with Gasteiger partial charge in [0.25, 0.3) is 0 Å². The second kappa shape index (κ2) is 4.21. The summed E-state index contributed by atoms with van der Waals surface area (Å²) >= 11 is 0. The number of methoxy groups -OCH3 is 1. The van der Waals surface area contributed by atoms with E-state index in [0.717, 1.165) is 0 Å². The van der Waals surface area contributed by atoms with Crippen LogP contribution >= 0.6 is 0 Å². The first-order chi connectivity index (χ1) is 7.48. The number of hydrogen-bond acceptors (Lipinski definition) is 6. The van der Waals surface area contributed by atoms with Crippen molar-refractivity contribution in [2.75, 3.05) is 13.7 Å². The van der Waals surface area contributed by atoms with Crippen molar-refractivity contribution in [3.8, 4) is 0 Å². The molecule has 6 nitrogen and oxygen atoms in total. The minimum atomic E-state index is -0.917. The summed E-state index contributed by atoms with van der Waals surface area (Å²) in [6, 6.07) is 0. The average molecular weight is 234 g/mol. The molecule has 2 saturated heterocycles. The maximum absolute atomic E-state index is 9.95. The summed E-state index contributed by atoms with van der Waals surface area (Å²) in [7, 11) is 1.43. The maximum Gasteiger partial charge on any atom is 0.186 e. The topological polar surface area (TPSA) is 77.4 Å². The van der Waals surface area contributed by atoms with Gasteiger partial charge in [-0.2, -0.15) is 0 Å². The maximum atomic E-state index is 9.95. The zero-order valence-electron chi connectivity index (χ0n) is 9.62. The van der Waals surface area contributed by atoms with Crippen molar-refractivity contribution in [1.29, 1.82) is 0 Å². The lowest BCUT2D eigenvalue weighted by molar-refractivity contribution is -0.274. The Labute approximate surface area is 94.1 Å². The van der Waals surface area contributed by atoms with E-state index in [1.54, 1.807) is 13.8 Å². The molecule has 2 N–H and O–H groups in total. The van der Waals surface area contributed by atoms with Crippen LogP contribution in [0.4, 0.5) is 0 Å². The monoisotopic (exact) mass is 234 g/mol. The summed E-state index contributed by atoms with van der Waals surface area (Å²) in [6.07, 6.45) is -3.26. The van der Waals surface area contributed by atoms with Crippen LogP contribution < -0.4 is 0 Å². The first-order valence-electron chi connectivity index (χ1n) is 5.31. The molecule has 0 aliphatic carbocycles. The summed E-state index contributed by atoms with van der Waals surface area (Å²) in [5.41, 5.74) is 0. The summed E-state index contributed by atoms with van der Waals surface area (Å²) in [5, 5.41) is 19.2. The van der Waals surface area contributed by atoms with Crippen LogP contribution in [0.3, 0.4) is 0 Å². The van der Waals surface area contributed by atoms with Crippen molar-refractivity contribution in [3.05, 3.63) is 0 Å². The van der Waals surface area contributed by atoms with E-state index in [0.29, 0.717) is 0 Å². The van der Waals surface area contributed by atoms with Crippen LogP contribution in [0.15, 0.2) is 0 Å². The Kier molecular flexibility index (Phi) is 3.22. The van der Waals surface area contributed by atoms with Crippen LogP contribution in [0, 0.1) is 0 Å². The Morgan fingerprint density at radius 2 is 1.88 bits per heavy atom. The Hall–Kier alpha value is -0.240. The van der Waals surface area contributed by atoms with Gasteiger partial charge in [-0.05, 0) is 13.8 Å². The summed E-state index contributed by atoms with van der Waals surface area (Å²) in [5.74, 6) is -0.782. The molecule has 0 radical (unpaired) electrons. The molecule has 2 aliphatic heterocycles. The predicted molar refractivity (Wildman–Crippen MR) is 52.6 cm³/mol. The van der Waals surface area contributed by atoms with Crippen LogP contribution in [0.2, 0.25) is 0 Å². The van der Waals surface area contributed by atoms with E-state index in [-0.39, 0.29) is 6.61 Å². The normalized spacial score (nSPS) is 46.7. The SMILES string of the molecule is CO[C@H]1O[C@H](CO)[C@H]2OC(C)(C)O[C@H]2[C@@H]1O. The molecule has 94 valence electrons. The minimum Gasteiger partial charge on any atom is -0.394 e. The van der Waals surface area contributed by atoms with Crippen molar-refractivity contribution >= 4 is 0 Å². The smallest absolute Gasteiger partial charge is 0.186 e. The molecule has 0 aromatic heterocycles. The third-order valence-corrected chi connectivity index (χ3v) is 2.87. The number of fused-ring (bicyclic) bond motifs is 1. The fraction of sp³-hybridized carbons (Fsp3) is 1.00. The molecule has 16 heavy (non-hydrogen) atoms. The average Bonchev–Trinajstić information content (AvgIpc) is 2.55. The molecule has 0 saturated carbocycles. The second-order valence-electron chi connectivity index (χ2n) is 4.52. The highest BCUT2D eigenvalue weighted by molar-refractivity contribution is 4.96. The van der Waals surface area contributed by atoms with Gasteiger partial charge in [0.1, 0.15) is 24.4 Å². The van der Waals surface area contributed by atoms with Gasteiger partial charge >= 0.3 is 0 Å². The third kappa shape index (κ3) is 1.97. The Balaban J connectivity index is 2.18. The van der Waals surface area contributed by atoms with E-state index in [4.69, 9.17) is 18.9 Å². The molecule has 2 heterocycles. The van der Waals surface area contributed by atoms with Crippen molar-refractivity contribution in [1.82, 2.24) is 0 Å². The van der Waals surface area contributed by atoms with Crippen LogP contribution in [0.25, 0.3) is 0 Å². The van der Waals surface area contributed by atoms with Crippen LogP contribution in [0.5, 0.6) is 0 Å². The predicted octanol–water partition coefficient (Wildman–Crippen LogP) is -0.769. The van der Waals surface area contributed by atoms with Gasteiger partial charge in [-0.15, -0.1) is 0 Å². The summed E-state index contributed by atoms with van der Waals surface area (Å²) < 4.78 is 21.6. The molecular weight excluding hydrogens is 216 g/mol. The minimum absolute atomic E-state index is 0.201. The standard InChI is InChI=1S/C10H18O6/c1-10(2)15-7-5(4-11)14-9(13-3)6(12)8(7)16-10/h5-9,11-12H,4H2,1-3H3/t5-,6+,7-,8+,9+/m1/s1. The van der Waals surface area contributed by atoms with Crippen molar-refractivity contribution in [2.24, 2.45) is 0 Å². The van der Waals surface area contributed by atoms with Gasteiger partial charge in [0.05, 0.1) is 6.61 Å². The molecule has 0 aromatic carbocycles. The van der Waals surface area contributed by atoms with Gasteiger partial charge in [0.2, 0.25) is 0 Å². The molecular formula is C10H18O6. The Bertz CT molecular complexity index is 256. The van der Waals surface area contributed by atoms with Crippen LogP contribution in [0.1, 0.15) is 13.8 Å². The molecule has 2 fully saturated rings. The van der Waals surface area contributed by atoms with Crippen molar-refractivity contribution in [3.63, 3.8) is 0 Å². The van der Waals surface area contributed by atoms with E-state index in [2.05, 4.69) is 0 Å². The van der Waals surface area contributed by atoms with Crippen LogP contribution in [-0.4, -0.2) is 60.4 Å². The highest BCUT2D eigenvalue weighted by Gasteiger charge is 2.54. The van der Waals surface area contributed by atoms with Gasteiger partial charge in [0, 0.05) is 7.11 Å². The molecule has 2 rings (SSSR count). The van der Waals surface area contributed by atoms with E-state index in [1.165, 1.54) is 7.11 Å². The van der Waals surface area contributed by atoms with E-state index >= 15 is 0 Å². The zero-order valence-corrected chi connectivity index (χ0v) is 9.62. The van der Waals surface area contributed by atoms with Gasteiger partial charge < -0.3 is 29.2 Å². The Morgan fingerprint density at radius 1 is 1.25 bits per heavy atom. The fourth-order valence-corrected chi connectivity index (χ4v) is 2.20. The quantitative estimate of drug-likeness (QED) is 0.653. The highest BCUT2D eigenvalue weighted by atomic mass is 16.8.